The van der Waals surface area contributed by atoms with Gasteiger partial charge in [0.15, 0.2) is 5.69 Å². The van der Waals surface area contributed by atoms with Gasteiger partial charge in [-0.05, 0) is 81.8 Å². The number of allylic oxidation sites excluding steroid dienone is 2. The quantitative estimate of drug-likeness (QED) is 0.141. The molecule has 4 nitrogen and oxygen atoms in total. The molecule has 0 amide bonds. The summed E-state index contributed by atoms with van der Waals surface area (Å²) in [4.78, 5) is 3.49. The van der Waals surface area contributed by atoms with Gasteiger partial charge in [0, 0.05) is 24.8 Å². The van der Waals surface area contributed by atoms with Gasteiger partial charge in [0.05, 0.1) is 18.2 Å². The van der Waals surface area contributed by atoms with Crippen LogP contribution in [-0.2, 0) is 10.8 Å². The van der Waals surface area contributed by atoms with Crippen LogP contribution in [0.2, 0.25) is 0 Å². The number of alkyl halides is 4. The zero-order chi connectivity index (χ0) is 29.5. The molecule has 1 heterocycles. The van der Waals surface area contributed by atoms with Gasteiger partial charge in [0.1, 0.15) is 23.1 Å². The molecule has 226 valence electrons. The second-order valence-electron chi connectivity index (χ2n) is 11.0. The van der Waals surface area contributed by atoms with Crippen LogP contribution in [0.5, 0.6) is 11.5 Å². The summed E-state index contributed by atoms with van der Waals surface area (Å²) in [7, 11) is 0. The summed E-state index contributed by atoms with van der Waals surface area (Å²) in [5, 5.41) is 0. The van der Waals surface area contributed by atoms with Crippen LogP contribution in [0, 0.1) is 29.4 Å². The van der Waals surface area contributed by atoms with E-state index in [0.29, 0.717) is 43.1 Å². The van der Waals surface area contributed by atoms with Gasteiger partial charge in [-0.3, -0.25) is 0 Å². The highest BCUT2D eigenvalue weighted by Gasteiger charge is 2.44. The molecular formula is C31H37F6NO3. The normalized spacial score (nSPS) is 24.0. The smallest absolute Gasteiger partial charge is 0.431 e. The number of ether oxygens (including phenoxy) is 3. The van der Waals surface area contributed by atoms with Crippen molar-refractivity contribution in [1.29, 1.82) is 0 Å². The number of aromatic nitrogens is 1. The van der Waals surface area contributed by atoms with Crippen molar-refractivity contribution in [2.45, 2.75) is 89.5 Å². The van der Waals surface area contributed by atoms with Gasteiger partial charge in [-0.2, -0.15) is 17.6 Å². The first-order valence-electron chi connectivity index (χ1n) is 14.4. The van der Waals surface area contributed by atoms with Crippen molar-refractivity contribution in [3.63, 3.8) is 0 Å². The average molecular weight is 586 g/mol. The number of pyridine rings is 1. The maximum atomic E-state index is 14.9. The maximum Gasteiger partial charge on any atom is 0.444 e. The number of halogens is 6. The minimum atomic E-state index is -4.06. The van der Waals surface area contributed by atoms with Crippen molar-refractivity contribution in [3.05, 3.63) is 66.0 Å². The summed E-state index contributed by atoms with van der Waals surface area (Å²) in [6.07, 6.45) is 6.30. The molecule has 0 saturated heterocycles. The molecule has 4 rings (SSSR count). The number of benzene rings is 1. The molecule has 10 heteroatoms. The van der Waals surface area contributed by atoms with Gasteiger partial charge in [0.25, 0.3) is 0 Å². The van der Waals surface area contributed by atoms with Crippen LogP contribution in [0.4, 0.5) is 26.3 Å². The lowest BCUT2D eigenvalue weighted by Gasteiger charge is -2.32. The van der Waals surface area contributed by atoms with Crippen molar-refractivity contribution in [3.8, 4) is 11.5 Å². The summed E-state index contributed by atoms with van der Waals surface area (Å²) in [6, 6.07) is 3.41. The summed E-state index contributed by atoms with van der Waals surface area (Å²) >= 11 is 0. The molecule has 0 unspecified atom stereocenters. The third-order valence-corrected chi connectivity index (χ3v) is 7.84. The van der Waals surface area contributed by atoms with E-state index in [-0.39, 0.29) is 24.5 Å². The molecule has 1 aromatic carbocycles. The fourth-order valence-corrected chi connectivity index (χ4v) is 5.45. The summed E-state index contributed by atoms with van der Waals surface area (Å²) in [5.41, 5.74) is -0.928. The van der Waals surface area contributed by atoms with Gasteiger partial charge in [-0.15, -0.1) is 0 Å². The highest BCUT2D eigenvalue weighted by molar-refractivity contribution is 5.26. The van der Waals surface area contributed by atoms with E-state index < -0.39 is 41.2 Å². The number of hydrogen-bond donors (Lipinski definition) is 0. The molecular weight excluding hydrogens is 548 g/mol. The van der Waals surface area contributed by atoms with E-state index in [1.165, 1.54) is 0 Å². The average Bonchev–Trinajstić information content (AvgIpc) is 2.92. The molecule has 0 atom stereocenters. The first kappa shape index (κ1) is 31.2. The molecule has 2 aromatic rings. The number of nitrogens with zero attached hydrogens (tertiary/aromatic N) is 1. The highest BCUT2D eigenvalue weighted by Crippen LogP contribution is 2.41. The zero-order valence-electron chi connectivity index (χ0n) is 23.1. The SMILES string of the molecule is CCCCOC1CCC(/C=C/C2CCC(C(F)(F)Oc3ccc(C(F)(F)Oc4cc(F)cc(F)c4)nc3)CC2)CC1. The van der Waals surface area contributed by atoms with Crippen molar-refractivity contribution in [1.82, 2.24) is 4.98 Å². The molecule has 0 radical (unpaired) electrons. The summed E-state index contributed by atoms with van der Waals surface area (Å²) in [6.45, 7) is 2.98. The third-order valence-electron chi connectivity index (χ3n) is 7.84. The molecule has 2 saturated carbocycles. The van der Waals surface area contributed by atoms with E-state index in [1.54, 1.807) is 0 Å². The lowest BCUT2D eigenvalue weighted by molar-refractivity contribution is -0.223. The van der Waals surface area contributed by atoms with E-state index in [4.69, 9.17) is 9.47 Å². The standard InChI is InChI=1S/C31H37F6NO3/c1-2-3-16-39-26-12-8-22(9-13-26)5-4-21-6-10-23(11-7-21)30(34,35)40-27-14-15-29(38-20-27)31(36,37)41-28-18-24(32)17-25(33)19-28/h4-5,14-15,17-23,26H,2-3,6-13,16H2,1H3/b5-4+. The minimum absolute atomic E-state index is 0.246. The second-order valence-corrected chi connectivity index (χ2v) is 11.0. The van der Waals surface area contributed by atoms with E-state index in [9.17, 15) is 26.3 Å². The Labute approximate surface area is 237 Å². The van der Waals surface area contributed by atoms with Crippen LogP contribution in [0.15, 0.2) is 48.7 Å². The molecule has 0 bridgehead atoms. The largest absolute Gasteiger partial charge is 0.444 e. The summed E-state index contributed by atoms with van der Waals surface area (Å²) in [5.74, 6) is -3.55. The number of hydrogen-bond acceptors (Lipinski definition) is 4. The molecule has 2 fully saturated rings. The van der Waals surface area contributed by atoms with Crippen molar-refractivity contribution >= 4 is 0 Å². The molecule has 0 spiro atoms. The van der Waals surface area contributed by atoms with Crippen LogP contribution in [0.25, 0.3) is 0 Å². The Morgan fingerprint density at radius 1 is 0.805 bits per heavy atom. The Hall–Kier alpha value is -2.75. The van der Waals surface area contributed by atoms with Crippen LogP contribution in [-0.4, -0.2) is 23.8 Å². The van der Waals surface area contributed by atoms with Crippen LogP contribution >= 0.6 is 0 Å². The van der Waals surface area contributed by atoms with Gasteiger partial charge in [0.2, 0.25) is 0 Å². The Morgan fingerprint density at radius 3 is 1.98 bits per heavy atom. The Balaban J connectivity index is 1.23. The monoisotopic (exact) mass is 585 g/mol. The van der Waals surface area contributed by atoms with E-state index in [0.717, 1.165) is 63.5 Å². The minimum Gasteiger partial charge on any atom is -0.431 e. The van der Waals surface area contributed by atoms with Crippen molar-refractivity contribution < 1.29 is 40.6 Å². The lowest BCUT2D eigenvalue weighted by Crippen LogP contribution is -2.37. The van der Waals surface area contributed by atoms with Gasteiger partial charge in [-0.1, -0.05) is 25.5 Å². The predicted molar refractivity (Wildman–Crippen MR) is 142 cm³/mol. The topological polar surface area (TPSA) is 40.6 Å². The lowest BCUT2D eigenvalue weighted by atomic mass is 9.80. The highest BCUT2D eigenvalue weighted by atomic mass is 19.3. The second kappa shape index (κ2) is 13.9. The van der Waals surface area contributed by atoms with Crippen LogP contribution < -0.4 is 9.47 Å². The molecule has 0 N–H and O–H groups in total. The van der Waals surface area contributed by atoms with E-state index >= 15 is 0 Å². The van der Waals surface area contributed by atoms with Gasteiger partial charge in [-0.25, -0.2) is 13.8 Å². The molecule has 41 heavy (non-hydrogen) atoms. The first-order chi connectivity index (χ1) is 19.5. The van der Waals surface area contributed by atoms with Crippen molar-refractivity contribution in [2.75, 3.05) is 6.61 Å². The van der Waals surface area contributed by atoms with Crippen molar-refractivity contribution in [2.24, 2.45) is 17.8 Å². The predicted octanol–water partition coefficient (Wildman–Crippen LogP) is 9.20. The van der Waals surface area contributed by atoms with E-state index in [1.807, 2.05) is 0 Å². The molecule has 2 aliphatic carbocycles. The third kappa shape index (κ3) is 9.12. The van der Waals surface area contributed by atoms with Crippen LogP contribution in [0.3, 0.4) is 0 Å². The fourth-order valence-electron chi connectivity index (χ4n) is 5.45. The Morgan fingerprint density at radius 2 is 1.41 bits per heavy atom. The van der Waals surface area contributed by atoms with E-state index in [2.05, 4.69) is 28.8 Å². The first-order valence-corrected chi connectivity index (χ1v) is 14.4. The molecule has 1 aromatic heterocycles. The number of rotatable bonds is 12. The molecule has 2 aliphatic rings. The fraction of sp³-hybridized carbons (Fsp3) is 0.581. The van der Waals surface area contributed by atoms with Crippen LogP contribution in [0.1, 0.15) is 76.8 Å². The Kier molecular flexibility index (Phi) is 10.6. The molecule has 0 aliphatic heterocycles. The summed E-state index contributed by atoms with van der Waals surface area (Å²) < 4.78 is 100. The zero-order valence-corrected chi connectivity index (χ0v) is 23.1. The number of unbranched alkanes of at least 4 members (excludes halogenated alkanes) is 1. The van der Waals surface area contributed by atoms with Gasteiger partial charge >= 0.3 is 12.2 Å². The van der Waals surface area contributed by atoms with Gasteiger partial charge < -0.3 is 14.2 Å². The maximum absolute atomic E-state index is 14.9. The Bertz CT molecular complexity index is 1110.